The number of fused-ring (bicyclic) bond motifs is 1. The molecule has 2 aliphatic carbocycles. The van der Waals surface area contributed by atoms with E-state index in [1.54, 1.807) is 0 Å². The van der Waals surface area contributed by atoms with E-state index in [4.69, 9.17) is 15.5 Å². The Labute approximate surface area is 223 Å². The van der Waals surface area contributed by atoms with Crippen LogP contribution in [0.5, 0.6) is 0 Å². The number of allylic oxidation sites excluding steroid dienone is 9. The number of benzene rings is 3. The number of hydrogen-bond donors (Lipinski definition) is 0. The van der Waals surface area contributed by atoms with Gasteiger partial charge in [-0.25, -0.2) is 0 Å². The van der Waals surface area contributed by atoms with Crippen LogP contribution < -0.4 is 0 Å². The maximum Gasteiger partial charge on any atom is 0.0991 e. The Morgan fingerprint density at radius 3 is 2.08 bits per heavy atom. The van der Waals surface area contributed by atoms with Gasteiger partial charge in [0.05, 0.1) is 29.1 Å². The minimum absolute atomic E-state index is 0.247. The van der Waals surface area contributed by atoms with Crippen LogP contribution in [-0.2, 0) is 0 Å². The van der Waals surface area contributed by atoms with E-state index in [1.807, 2.05) is 36.4 Å². The molecule has 3 heteroatoms. The van der Waals surface area contributed by atoms with Gasteiger partial charge in [-0.3, -0.25) is 4.99 Å². The van der Waals surface area contributed by atoms with Gasteiger partial charge in [-0.05, 0) is 65.0 Å². The molecular weight excluding hydrogens is 462 g/mol. The molecule has 0 amide bonds. The minimum Gasteiger partial charge on any atom is -0.252 e. The highest BCUT2D eigenvalue weighted by atomic mass is 14.8. The van der Waals surface area contributed by atoms with Gasteiger partial charge in [0.1, 0.15) is 0 Å². The highest BCUT2D eigenvalue weighted by molar-refractivity contribution is 6.09. The summed E-state index contributed by atoms with van der Waals surface area (Å²) in [6.45, 7) is 0. The first-order valence-electron chi connectivity index (χ1n) is 12.9. The van der Waals surface area contributed by atoms with Crippen LogP contribution in [0.3, 0.4) is 0 Å². The van der Waals surface area contributed by atoms with Gasteiger partial charge in [0.25, 0.3) is 0 Å². The summed E-state index contributed by atoms with van der Waals surface area (Å²) in [5.74, 6) is 0.544. The second kappa shape index (κ2) is 10.2. The van der Waals surface area contributed by atoms with Gasteiger partial charge in [0.2, 0.25) is 0 Å². The van der Waals surface area contributed by atoms with E-state index in [1.165, 1.54) is 11.1 Å². The summed E-state index contributed by atoms with van der Waals surface area (Å²) in [4.78, 5) is 5.20. The molecule has 0 radical (unpaired) electrons. The highest BCUT2D eigenvalue weighted by Crippen LogP contribution is 2.36. The van der Waals surface area contributed by atoms with Crippen molar-refractivity contribution in [1.82, 2.24) is 0 Å². The van der Waals surface area contributed by atoms with E-state index >= 15 is 0 Å². The Morgan fingerprint density at radius 1 is 0.737 bits per heavy atom. The first-order chi connectivity index (χ1) is 18.7. The Hall–Kier alpha value is -4.99. The largest absolute Gasteiger partial charge is 0.252 e. The molecule has 38 heavy (non-hydrogen) atoms. The maximum absolute atomic E-state index is 9.09. The van der Waals surface area contributed by atoms with Crippen molar-refractivity contribution in [3.63, 3.8) is 0 Å². The van der Waals surface area contributed by atoms with Crippen LogP contribution in [0, 0.1) is 28.6 Å². The zero-order chi connectivity index (χ0) is 25.9. The van der Waals surface area contributed by atoms with Crippen LogP contribution in [0.1, 0.15) is 41.0 Å². The topological polar surface area (TPSA) is 59.9 Å². The van der Waals surface area contributed by atoms with Gasteiger partial charge < -0.3 is 0 Å². The van der Waals surface area contributed by atoms with Gasteiger partial charge in [-0.2, -0.15) is 10.5 Å². The average Bonchev–Trinajstić information content (AvgIpc) is 3.01. The van der Waals surface area contributed by atoms with Gasteiger partial charge in [-0.1, -0.05) is 91.0 Å². The van der Waals surface area contributed by atoms with Gasteiger partial charge in [-0.15, -0.1) is 0 Å². The molecule has 180 valence electrons. The van der Waals surface area contributed by atoms with Crippen LogP contribution in [0.2, 0.25) is 0 Å². The van der Waals surface area contributed by atoms with Crippen LogP contribution in [0.25, 0.3) is 16.8 Å². The van der Waals surface area contributed by atoms with Crippen LogP contribution in [-0.4, -0.2) is 5.71 Å². The third-order valence-corrected chi connectivity index (χ3v) is 7.46. The summed E-state index contributed by atoms with van der Waals surface area (Å²) < 4.78 is 0. The molecule has 3 aromatic carbocycles. The number of aliphatic imine (C=N–C) groups is 1. The van der Waals surface area contributed by atoms with Crippen LogP contribution in [0.15, 0.2) is 131 Å². The third kappa shape index (κ3) is 4.59. The first-order valence-corrected chi connectivity index (χ1v) is 12.9. The quantitative estimate of drug-likeness (QED) is 0.374. The van der Waals surface area contributed by atoms with Crippen molar-refractivity contribution >= 4 is 11.4 Å². The van der Waals surface area contributed by atoms with Crippen LogP contribution in [0.4, 0.5) is 0 Å². The summed E-state index contributed by atoms with van der Waals surface area (Å²) in [5.41, 5.74) is 10.5. The molecular formula is C35H25N3. The maximum atomic E-state index is 9.09. The molecule has 6 rings (SSSR count). The fraction of sp³-hybridized carbons (Fsp3) is 0.114. The molecule has 2 unspecified atom stereocenters. The molecule has 0 N–H and O–H groups in total. The minimum atomic E-state index is 0.247. The molecule has 3 aromatic rings. The monoisotopic (exact) mass is 487 g/mol. The number of nitriles is 2. The van der Waals surface area contributed by atoms with E-state index in [-0.39, 0.29) is 5.92 Å². The molecule has 0 spiro atoms. The van der Waals surface area contributed by atoms with Crippen molar-refractivity contribution in [2.45, 2.75) is 18.8 Å². The molecule has 0 aromatic heterocycles. The molecule has 2 atom stereocenters. The standard InChI is InChI=1S/C35H25N3/c36-22-24-5-9-26(10-6-24)28-13-17-30(18-14-28)34-21-32-3-1-2-4-33(32)35(38-34)31-19-15-29(16-20-31)27-11-7-25(23-37)8-12-27/h1-3,5-9,11-21,26,33H,4,10H2. The highest BCUT2D eigenvalue weighted by Gasteiger charge is 2.26. The van der Waals surface area contributed by atoms with Crippen molar-refractivity contribution in [2.24, 2.45) is 10.9 Å². The molecule has 3 nitrogen and oxygen atoms in total. The van der Waals surface area contributed by atoms with Crippen molar-refractivity contribution < 1.29 is 0 Å². The van der Waals surface area contributed by atoms with E-state index in [9.17, 15) is 0 Å². The van der Waals surface area contributed by atoms with E-state index < -0.39 is 0 Å². The second-order valence-corrected chi connectivity index (χ2v) is 9.77. The normalized spacial score (nSPS) is 19.7. The SMILES string of the molecule is N#CC1=CCC(c2ccc(C3=CC4=CC=CCC4C(c4ccc(-c5ccc(C#N)cc5)cc4)=N3)cc2)C=C1. The number of nitrogens with zero attached hydrogens (tertiary/aromatic N) is 3. The van der Waals surface area contributed by atoms with E-state index in [0.29, 0.717) is 11.5 Å². The summed E-state index contributed by atoms with van der Waals surface area (Å²) in [6, 6.07) is 29.4. The summed E-state index contributed by atoms with van der Waals surface area (Å²) in [6.07, 6.45) is 16.6. The summed E-state index contributed by atoms with van der Waals surface area (Å²) >= 11 is 0. The second-order valence-electron chi connectivity index (χ2n) is 9.77. The third-order valence-electron chi connectivity index (χ3n) is 7.46. The van der Waals surface area contributed by atoms with Gasteiger partial charge in [0, 0.05) is 23.0 Å². The number of hydrogen-bond acceptors (Lipinski definition) is 3. The molecule has 0 fully saturated rings. The van der Waals surface area contributed by atoms with Crippen LogP contribution >= 0.6 is 0 Å². The first kappa shape index (κ1) is 23.4. The van der Waals surface area contributed by atoms with Crippen molar-refractivity contribution in [2.75, 3.05) is 0 Å². The van der Waals surface area contributed by atoms with Gasteiger partial charge in [0.15, 0.2) is 0 Å². The average molecular weight is 488 g/mol. The Kier molecular flexibility index (Phi) is 6.27. The molecule has 3 aliphatic rings. The molecule has 1 aliphatic heterocycles. The fourth-order valence-electron chi connectivity index (χ4n) is 5.30. The lowest BCUT2D eigenvalue weighted by molar-refractivity contribution is 0.823. The molecule has 0 saturated carbocycles. The summed E-state index contributed by atoms with van der Waals surface area (Å²) in [7, 11) is 0. The smallest absolute Gasteiger partial charge is 0.0991 e. The molecule has 1 heterocycles. The summed E-state index contributed by atoms with van der Waals surface area (Å²) in [5, 5.41) is 18.2. The predicted molar refractivity (Wildman–Crippen MR) is 153 cm³/mol. The number of rotatable bonds is 4. The van der Waals surface area contributed by atoms with Crippen molar-refractivity contribution in [1.29, 1.82) is 10.5 Å². The van der Waals surface area contributed by atoms with E-state index in [0.717, 1.165) is 52.1 Å². The Balaban J connectivity index is 1.29. The van der Waals surface area contributed by atoms with Crippen molar-refractivity contribution in [3.05, 3.63) is 149 Å². The zero-order valence-corrected chi connectivity index (χ0v) is 20.9. The fourth-order valence-corrected chi connectivity index (χ4v) is 5.30. The lowest BCUT2D eigenvalue weighted by atomic mass is 9.81. The predicted octanol–water partition coefficient (Wildman–Crippen LogP) is 8.07. The lowest BCUT2D eigenvalue weighted by Gasteiger charge is -2.27. The Bertz CT molecular complexity index is 1640. The van der Waals surface area contributed by atoms with Crippen molar-refractivity contribution in [3.8, 4) is 23.3 Å². The van der Waals surface area contributed by atoms with E-state index in [2.05, 4.69) is 91.0 Å². The molecule has 0 saturated heterocycles. The molecule has 0 bridgehead atoms. The lowest BCUT2D eigenvalue weighted by Crippen LogP contribution is -2.21. The Morgan fingerprint density at radius 2 is 1.42 bits per heavy atom. The van der Waals surface area contributed by atoms with Gasteiger partial charge >= 0.3 is 0 Å². The zero-order valence-electron chi connectivity index (χ0n) is 20.9.